The summed E-state index contributed by atoms with van der Waals surface area (Å²) in [5.74, 6) is -0.0663. The Kier molecular flexibility index (Phi) is 7.38. The van der Waals surface area contributed by atoms with Gasteiger partial charge in [0.1, 0.15) is 0 Å². The van der Waals surface area contributed by atoms with Crippen LogP contribution in [0.2, 0.25) is 0 Å². The molecule has 1 fully saturated rings. The van der Waals surface area contributed by atoms with Gasteiger partial charge in [0.2, 0.25) is 11.8 Å². The zero-order valence-corrected chi connectivity index (χ0v) is 16.0. The Hall–Kier alpha value is -2.92. The highest BCUT2D eigenvalue weighted by atomic mass is 16.2. The van der Waals surface area contributed by atoms with Crippen molar-refractivity contribution in [2.24, 2.45) is 5.92 Å². The predicted molar refractivity (Wildman–Crippen MR) is 113 cm³/mol. The van der Waals surface area contributed by atoms with E-state index in [1.807, 2.05) is 66.7 Å². The van der Waals surface area contributed by atoms with Crippen molar-refractivity contribution in [1.29, 1.82) is 0 Å². The quantitative estimate of drug-likeness (QED) is 0.695. The summed E-state index contributed by atoms with van der Waals surface area (Å²) in [6.07, 6.45) is 6.05. The molecule has 0 aliphatic carbocycles. The van der Waals surface area contributed by atoms with Crippen LogP contribution in [0.4, 0.5) is 5.69 Å². The highest BCUT2D eigenvalue weighted by Gasteiger charge is 2.21. The van der Waals surface area contributed by atoms with E-state index in [0.29, 0.717) is 18.8 Å². The Morgan fingerprint density at radius 3 is 2.64 bits per heavy atom. The van der Waals surface area contributed by atoms with Crippen molar-refractivity contribution in [1.82, 2.24) is 10.6 Å². The number of anilines is 1. The van der Waals surface area contributed by atoms with Crippen LogP contribution in [0.1, 0.15) is 24.0 Å². The fraction of sp³-hybridized carbons (Fsp3) is 0.304. The van der Waals surface area contributed by atoms with E-state index in [1.54, 1.807) is 0 Å². The van der Waals surface area contributed by atoms with Gasteiger partial charge in [-0.05, 0) is 36.6 Å². The van der Waals surface area contributed by atoms with E-state index in [4.69, 9.17) is 0 Å². The van der Waals surface area contributed by atoms with E-state index in [1.165, 1.54) is 0 Å². The number of piperidine rings is 1. The number of para-hydroxylation sites is 1. The standard InChI is InChI=1S/C23H27N3O2/c27-22(25-15-6-10-18-8-2-1-3-9-18)16-19-11-4-5-13-21(19)26-23(28)20-12-7-14-24-17-20/h1-6,8-11,13,20,24H,7,12,14-17H2,(H,25,27)(H,26,28)/b10-6+. The van der Waals surface area contributed by atoms with Gasteiger partial charge in [0.25, 0.3) is 0 Å². The zero-order valence-electron chi connectivity index (χ0n) is 16.0. The SMILES string of the molecule is O=C(Cc1ccccc1NC(=O)C1CCCNC1)NC/C=C/c1ccccc1. The molecule has 0 spiro atoms. The lowest BCUT2D eigenvalue weighted by atomic mass is 9.98. The van der Waals surface area contributed by atoms with Gasteiger partial charge in [0, 0.05) is 18.8 Å². The van der Waals surface area contributed by atoms with Crippen LogP contribution in [0, 0.1) is 5.92 Å². The molecule has 2 aromatic carbocycles. The number of amides is 2. The van der Waals surface area contributed by atoms with Crippen molar-refractivity contribution in [2.75, 3.05) is 25.0 Å². The molecule has 2 amide bonds. The minimum Gasteiger partial charge on any atom is -0.352 e. The fourth-order valence-electron chi connectivity index (χ4n) is 3.27. The van der Waals surface area contributed by atoms with Crippen molar-refractivity contribution in [3.8, 4) is 0 Å². The molecule has 0 saturated carbocycles. The first kappa shape index (κ1) is 19.8. The van der Waals surface area contributed by atoms with Gasteiger partial charge in [-0.1, -0.05) is 60.7 Å². The normalized spacial score (nSPS) is 16.6. The summed E-state index contributed by atoms with van der Waals surface area (Å²) < 4.78 is 0. The van der Waals surface area contributed by atoms with Crippen LogP contribution in [0.3, 0.4) is 0 Å². The number of carbonyl (C=O) groups excluding carboxylic acids is 2. The molecule has 1 aliphatic heterocycles. The number of nitrogens with one attached hydrogen (secondary N) is 3. The minimum absolute atomic E-state index is 0.0150. The van der Waals surface area contributed by atoms with Crippen LogP contribution < -0.4 is 16.0 Å². The Morgan fingerprint density at radius 1 is 1.07 bits per heavy atom. The van der Waals surface area contributed by atoms with Crippen molar-refractivity contribution < 1.29 is 9.59 Å². The molecule has 1 unspecified atom stereocenters. The second-order valence-corrected chi connectivity index (χ2v) is 6.98. The van der Waals surface area contributed by atoms with E-state index in [9.17, 15) is 9.59 Å². The van der Waals surface area contributed by atoms with Crippen LogP contribution in [0.25, 0.3) is 6.08 Å². The van der Waals surface area contributed by atoms with Gasteiger partial charge < -0.3 is 16.0 Å². The fourth-order valence-corrected chi connectivity index (χ4v) is 3.27. The van der Waals surface area contributed by atoms with Gasteiger partial charge in [-0.3, -0.25) is 9.59 Å². The first-order valence-electron chi connectivity index (χ1n) is 9.80. The molecule has 28 heavy (non-hydrogen) atoms. The molecule has 1 heterocycles. The molecular formula is C23H27N3O2. The molecule has 3 rings (SSSR count). The Morgan fingerprint density at radius 2 is 1.86 bits per heavy atom. The number of rotatable bonds is 7. The van der Waals surface area contributed by atoms with E-state index >= 15 is 0 Å². The van der Waals surface area contributed by atoms with Crippen LogP contribution in [-0.2, 0) is 16.0 Å². The first-order valence-corrected chi connectivity index (χ1v) is 9.80. The maximum absolute atomic E-state index is 12.5. The molecule has 1 atom stereocenters. The summed E-state index contributed by atoms with van der Waals surface area (Å²) in [6, 6.07) is 17.5. The third-order valence-electron chi connectivity index (χ3n) is 4.82. The van der Waals surface area contributed by atoms with E-state index in [0.717, 1.165) is 30.5 Å². The second-order valence-electron chi connectivity index (χ2n) is 6.98. The van der Waals surface area contributed by atoms with Gasteiger partial charge in [0.05, 0.1) is 12.3 Å². The summed E-state index contributed by atoms with van der Waals surface area (Å²) in [7, 11) is 0. The minimum atomic E-state index is -0.0706. The highest BCUT2D eigenvalue weighted by Crippen LogP contribution is 2.19. The van der Waals surface area contributed by atoms with E-state index < -0.39 is 0 Å². The van der Waals surface area contributed by atoms with Crippen molar-refractivity contribution >= 4 is 23.6 Å². The topological polar surface area (TPSA) is 70.2 Å². The lowest BCUT2D eigenvalue weighted by molar-refractivity contribution is -0.121. The maximum atomic E-state index is 12.5. The lowest BCUT2D eigenvalue weighted by Gasteiger charge is -2.22. The van der Waals surface area contributed by atoms with Gasteiger partial charge in [-0.25, -0.2) is 0 Å². The highest BCUT2D eigenvalue weighted by molar-refractivity contribution is 5.94. The smallest absolute Gasteiger partial charge is 0.228 e. The first-order chi connectivity index (χ1) is 13.7. The van der Waals surface area contributed by atoms with Crippen molar-refractivity contribution in [3.63, 3.8) is 0 Å². The van der Waals surface area contributed by atoms with Crippen LogP contribution in [0.15, 0.2) is 60.7 Å². The molecule has 1 saturated heterocycles. The number of hydrogen-bond acceptors (Lipinski definition) is 3. The lowest BCUT2D eigenvalue weighted by Crippen LogP contribution is -2.37. The number of benzene rings is 2. The number of carbonyl (C=O) groups is 2. The third kappa shape index (κ3) is 6.06. The Balaban J connectivity index is 1.51. The van der Waals surface area contributed by atoms with E-state index in [2.05, 4.69) is 16.0 Å². The molecule has 2 aromatic rings. The van der Waals surface area contributed by atoms with Gasteiger partial charge >= 0.3 is 0 Å². The second kappa shape index (κ2) is 10.4. The molecule has 0 bridgehead atoms. The van der Waals surface area contributed by atoms with Crippen LogP contribution >= 0.6 is 0 Å². The molecule has 5 heteroatoms. The Bertz CT molecular complexity index is 812. The van der Waals surface area contributed by atoms with Gasteiger partial charge in [-0.15, -0.1) is 0 Å². The number of hydrogen-bond donors (Lipinski definition) is 3. The van der Waals surface area contributed by atoms with Crippen LogP contribution in [0.5, 0.6) is 0 Å². The summed E-state index contributed by atoms with van der Waals surface area (Å²) >= 11 is 0. The molecule has 3 N–H and O–H groups in total. The van der Waals surface area contributed by atoms with Gasteiger partial charge in [0.15, 0.2) is 0 Å². The monoisotopic (exact) mass is 377 g/mol. The van der Waals surface area contributed by atoms with Crippen molar-refractivity contribution in [2.45, 2.75) is 19.3 Å². The van der Waals surface area contributed by atoms with Crippen molar-refractivity contribution in [3.05, 3.63) is 71.8 Å². The van der Waals surface area contributed by atoms with Crippen LogP contribution in [-0.4, -0.2) is 31.4 Å². The Labute approximate surface area is 166 Å². The summed E-state index contributed by atoms with van der Waals surface area (Å²) in [5.41, 5.74) is 2.64. The molecule has 0 radical (unpaired) electrons. The average molecular weight is 377 g/mol. The molecule has 5 nitrogen and oxygen atoms in total. The van der Waals surface area contributed by atoms with E-state index in [-0.39, 0.29) is 24.2 Å². The average Bonchev–Trinajstić information content (AvgIpc) is 2.74. The summed E-state index contributed by atoms with van der Waals surface area (Å²) in [4.78, 5) is 24.8. The molecule has 0 aromatic heterocycles. The predicted octanol–water partition coefficient (Wildman–Crippen LogP) is 3.00. The summed E-state index contributed by atoms with van der Waals surface area (Å²) in [6.45, 7) is 2.15. The largest absolute Gasteiger partial charge is 0.352 e. The molecule has 1 aliphatic rings. The molecule has 146 valence electrons. The maximum Gasteiger partial charge on any atom is 0.228 e. The molecular weight excluding hydrogens is 350 g/mol. The summed E-state index contributed by atoms with van der Waals surface area (Å²) in [5, 5.41) is 9.16. The zero-order chi connectivity index (χ0) is 19.6. The third-order valence-corrected chi connectivity index (χ3v) is 4.82. The van der Waals surface area contributed by atoms with Gasteiger partial charge in [-0.2, -0.15) is 0 Å².